The van der Waals surface area contributed by atoms with Gasteiger partial charge in [0.1, 0.15) is 6.61 Å². The summed E-state index contributed by atoms with van der Waals surface area (Å²) in [5, 5.41) is 0. The third kappa shape index (κ3) is 31.5. The van der Waals surface area contributed by atoms with E-state index in [1.807, 2.05) is 0 Å². The number of phosphoric acid groups is 1. The van der Waals surface area contributed by atoms with Crippen molar-refractivity contribution in [2.45, 2.75) is 136 Å². The van der Waals surface area contributed by atoms with Crippen molar-refractivity contribution in [1.82, 2.24) is 0 Å². The molecule has 0 saturated heterocycles. The van der Waals surface area contributed by atoms with E-state index in [0.717, 1.165) is 97.0 Å². The molecule has 0 saturated carbocycles. The van der Waals surface area contributed by atoms with E-state index in [9.17, 15) is 19.0 Å². The van der Waals surface area contributed by atoms with Crippen LogP contribution in [-0.4, -0.2) is 43.3 Å². The van der Waals surface area contributed by atoms with Gasteiger partial charge in [-0.3, -0.25) is 18.6 Å². The van der Waals surface area contributed by atoms with Gasteiger partial charge in [0.25, 0.3) is 0 Å². The van der Waals surface area contributed by atoms with Crippen molar-refractivity contribution >= 4 is 19.8 Å². The van der Waals surface area contributed by atoms with Gasteiger partial charge in [-0.25, -0.2) is 4.57 Å². The molecule has 0 heterocycles. The number of carbonyl (C=O) groups excluding carboxylic acids is 2. The molecule has 9 heteroatoms. The van der Waals surface area contributed by atoms with Crippen LogP contribution >= 0.6 is 7.82 Å². The molecular formula is C36H61O8P. The van der Waals surface area contributed by atoms with E-state index in [4.69, 9.17) is 14.0 Å². The van der Waals surface area contributed by atoms with E-state index in [1.165, 1.54) is 6.42 Å². The number of unbranched alkanes of at least 4 members (excludes halogenated alkanes) is 9. The lowest BCUT2D eigenvalue weighted by Crippen LogP contribution is -2.29. The Kier molecular flexibility index (Phi) is 30.1. The van der Waals surface area contributed by atoms with Crippen LogP contribution in [0.2, 0.25) is 0 Å². The molecule has 0 aliphatic heterocycles. The van der Waals surface area contributed by atoms with Crippen molar-refractivity contribution in [3.8, 4) is 0 Å². The molecule has 0 aromatic carbocycles. The zero-order valence-corrected chi connectivity index (χ0v) is 29.1. The first-order valence-corrected chi connectivity index (χ1v) is 18.5. The molecule has 0 aromatic rings. The van der Waals surface area contributed by atoms with Crippen molar-refractivity contribution in [3.05, 3.63) is 60.8 Å². The fraction of sp³-hybridized carbons (Fsp3) is 0.667. The third-order valence-electron chi connectivity index (χ3n) is 6.73. The second-order valence-corrected chi connectivity index (χ2v) is 12.5. The van der Waals surface area contributed by atoms with Gasteiger partial charge in [-0.15, -0.1) is 0 Å². The Bertz CT molecular complexity index is 922. The minimum absolute atomic E-state index is 0.203. The SMILES string of the molecule is CC/C=C\C/C=C\C/C=C\CCCCCC(=O)OC(COC(=O)CCCCCCC/C=C\C/C=C\CCC)COP(=O)(O)OC. The Morgan fingerprint density at radius 2 is 1.13 bits per heavy atom. The minimum atomic E-state index is -4.27. The highest BCUT2D eigenvalue weighted by Gasteiger charge is 2.24. The lowest BCUT2D eigenvalue weighted by molar-refractivity contribution is -0.161. The van der Waals surface area contributed by atoms with Crippen LogP contribution in [0.3, 0.4) is 0 Å². The van der Waals surface area contributed by atoms with Crippen molar-refractivity contribution < 1.29 is 37.6 Å². The lowest BCUT2D eigenvalue weighted by Gasteiger charge is -2.19. The van der Waals surface area contributed by atoms with Gasteiger partial charge < -0.3 is 14.4 Å². The summed E-state index contributed by atoms with van der Waals surface area (Å²) in [6, 6.07) is 0. The van der Waals surface area contributed by atoms with Gasteiger partial charge in [0.15, 0.2) is 6.10 Å². The average Bonchev–Trinajstić information content (AvgIpc) is 3.03. The first kappa shape index (κ1) is 42.8. The maximum Gasteiger partial charge on any atom is 0.472 e. The van der Waals surface area contributed by atoms with Crippen LogP contribution in [0.5, 0.6) is 0 Å². The summed E-state index contributed by atoms with van der Waals surface area (Å²) in [4.78, 5) is 34.2. The number of ether oxygens (including phenoxy) is 2. The van der Waals surface area contributed by atoms with Gasteiger partial charge in [0.05, 0.1) is 6.61 Å². The van der Waals surface area contributed by atoms with Gasteiger partial charge >= 0.3 is 19.8 Å². The van der Waals surface area contributed by atoms with Crippen molar-refractivity contribution in [1.29, 1.82) is 0 Å². The Balaban J connectivity index is 4.21. The van der Waals surface area contributed by atoms with E-state index >= 15 is 0 Å². The van der Waals surface area contributed by atoms with E-state index in [1.54, 1.807) is 0 Å². The quantitative estimate of drug-likeness (QED) is 0.0353. The van der Waals surface area contributed by atoms with E-state index in [0.29, 0.717) is 6.42 Å². The second kappa shape index (κ2) is 31.7. The Hall–Kier alpha value is -2.25. The summed E-state index contributed by atoms with van der Waals surface area (Å²) in [5.41, 5.74) is 0. The number of allylic oxidation sites excluding steroid dienone is 10. The molecule has 0 rings (SSSR count). The zero-order chi connectivity index (χ0) is 33.3. The van der Waals surface area contributed by atoms with Crippen LogP contribution in [0, 0.1) is 0 Å². The number of esters is 2. The maximum absolute atomic E-state index is 12.4. The highest BCUT2D eigenvalue weighted by Crippen LogP contribution is 2.42. The second-order valence-electron chi connectivity index (χ2n) is 10.9. The average molecular weight is 653 g/mol. The van der Waals surface area contributed by atoms with E-state index in [-0.39, 0.29) is 19.4 Å². The molecule has 0 radical (unpaired) electrons. The van der Waals surface area contributed by atoms with E-state index < -0.39 is 32.5 Å². The summed E-state index contributed by atoms with van der Waals surface area (Å²) in [5.74, 6) is -0.864. The van der Waals surface area contributed by atoms with Gasteiger partial charge in [0.2, 0.25) is 0 Å². The molecule has 45 heavy (non-hydrogen) atoms. The number of carbonyl (C=O) groups is 2. The van der Waals surface area contributed by atoms with Gasteiger partial charge in [-0.1, -0.05) is 107 Å². The molecular weight excluding hydrogens is 591 g/mol. The molecule has 0 aromatic heterocycles. The predicted molar refractivity (Wildman–Crippen MR) is 184 cm³/mol. The fourth-order valence-electron chi connectivity index (χ4n) is 4.12. The molecule has 258 valence electrons. The molecule has 2 atom stereocenters. The number of phosphoric ester groups is 1. The minimum Gasteiger partial charge on any atom is -0.462 e. The van der Waals surface area contributed by atoms with Crippen molar-refractivity contribution in [3.63, 3.8) is 0 Å². The summed E-state index contributed by atoms with van der Waals surface area (Å²) in [7, 11) is -3.22. The first-order valence-electron chi connectivity index (χ1n) is 17.0. The summed E-state index contributed by atoms with van der Waals surface area (Å²) in [6.45, 7) is 3.63. The first-order chi connectivity index (χ1) is 21.8. The monoisotopic (exact) mass is 652 g/mol. The van der Waals surface area contributed by atoms with Gasteiger partial charge in [-0.05, 0) is 70.6 Å². The highest BCUT2D eigenvalue weighted by molar-refractivity contribution is 7.47. The number of hydrogen-bond donors (Lipinski definition) is 1. The van der Waals surface area contributed by atoms with Crippen molar-refractivity contribution in [2.24, 2.45) is 0 Å². The molecule has 0 aliphatic carbocycles. The zero-order valence-electron chi connectivity index (χ0n) is 28.2. The molecule has 2 unspecified atom stereocenters. The van der Waals surface area contributed by atoms with Crippen molar-refractivity contribution in [2.75, 3.05) is 20.3 Å². The summed E-state index contributed by atoms with van der Waals surface area (Å²) < 4.78 is 31.7. The fourth-order valence-corrected chi connectivity index (χ4v) is 4.58. The summed E-state index contributed by atoms with van der Waals surface area (Å²) >= 11 is 0. The van der Waals surface area contributed by atoms with Crippen LogP contribution in [0.1, 0.15) is 129 Å². The van der Waals surface area contributed by atoms with Crippen LogP contribution in [-0.2, 0) is 32.7 Å². The molecule has 0 fully saturated rings. The van der Waals surface area contributed by atoms with Gasteiger partial charge in [-0.2, -0.15) is 0 Å². The number of rotatable bonds is 30. The maximum atomic E-state index is 12.4. The standard InChI is InChI=1S/C36H61O8P/c1-4-6-8-10-12-14-16-18-20-22-24-26-28-30-35(37)42-32-34(33-43-45(39,40)41-3)44-36(38)31-29-27-25-23-21-19-17-15-13-11-9-7-5-2/h7-10,13-16,19,21,34H,4-6,11-12,17-18,20,22-33H2,1-3H3,(H,39,40)/b9-7-,10-8-,15-13-,16-14-,21-19-. The number of hydrogen-bond acceptors (Lipinski definition) is 7. The Labute approximate surface area is 273 Å². The normalized spacial score (nSPS) is 14.3. The third-order valence-corrected chi connectivity index (χ3v) is 7.66. The molecule has 1 N–H and O–H groups in total. The molecule has 0 spiro atoms. The van der Waals surface area contributed by atoms with Crippen LogP contribution in [0.15, 0.2) is 60.8 Å². The van der Waals surface area contributed by atoms with Gasteiger partial charge in [0, 0.05) is 20.0 Å². The lowest BCUT2D eigenvalue weighted by atomic mass is 10.1. The molecule has 8 nitrogen and oxygen atoms in total. The highest BCUT2D eigenvalue weighted by atomic mass is 31.2. The Morgan fingerprint density at radius 1 is 0.644 bits per heavy atom. The molecule has 0 amide bonds. The smallest absolute Gasteiger partial charge is 0.462 e. The topological polar surface area (TPSA) is 108 Å². The van der Waals surface area contributed by atoms with Crippen LogP contribution in [0.25, 0.3) is 0 Å². The largest absolute Gasteiger partial charge is 0.472 e. The van der Waals surface area contributed by atoms with Crippen LogP contribution < -0.4 is 0 Å². The Morgan fingerprint density at radius 3 is 1.71 bits per heavy atom. The van der Waals surface area contributed by atoms with E-state index in [2.05, 4.69) is 79.1 Å². The predicted octanol–water partition coefficient (Wildman–Crippen LogP) is 10.0. The van der Waals surface area contributed by atoms with Crippen LogP contribution in [0.4, 0.5) is 0 Å². The molecule has 0 aliphatic rings. The summed E-state index contributed by atoms with van der Waals surface area (Å²) in [6.07, 6.45) is 37.0. The molecule has 0 bridgehead atoms.